The lowest BCUT2D eigenvalue weighted by molar-refractivity contribution is 0.251. The predicted octanol–water partition coefficient (Wildman–Crippen LogP) is 2.82. The predicted molar refractivity (Wildman–Crippen MR) is 113 cm³/mol. The minimum atomic E-state index is -0.419. The molecule has 0 radical (unpaired) electrons. The van der Waals surface area contributed by atoms with E-state index in [2.05, 4.69) is 15.6 Å². The number of H-pyrrole nitrogens is 1. The van der Waals surface area contributed by atoms with Crippen molar-refractivity contribution in [3.63, 3.8) is 0 Å². The molecule has 0 saturated carbocycles. The number of nitrogens with zero attached hydrogens (tertiary/aromatic N) is 1. The summed E-state index contributed by atoms with van der Waals surface area (Å²) in [6.45, 7) is 2.03. The summed E-state index contributed by atoms with van der Waals surface area (Å²) in [6, 6.07) is 10.2. The number of methoxy groups -OCH3 is 3. The van der Waals surface area contributed by atoms with Crippen molar-refractivity contribution in [2.75, 3.05) is 26.6 Å². The molecule has 9 heteroatoms. The van der Waals surface area contributed by atoms with Gasteiger partial charge < -0.3 is 29.8 Å². The molecule has 0 aliphatic heterocycles. The Kier molecular flexibility index (Phi) is 6.31. The van der Waals surface area contributed by atoms with Crippen LogP contribution in [0.5, 0.6) is 17.2 Å². The van der Waals surface area contributed by atoms with Gasteiger partial charge in [0.2, 0.25) is 5.75 Å². The number of nitrogens with one attached hydrogen (secondary N) is 3. The molecule has 3 N–H and O–H groups in total. The van der Waals surface area contributed by atoms with Gasteiger partial charge in [-0.15, -0.1) is 0 Å². The van der Waals surface area contributed by atoms with E-state index < -0.39 is 6.03 Å². The summed E-state index contributed by atoms with van der Waals surface area (Å²) in [4.78, 5) is 27.3. The molecule has 0 spiro atoms. The topological polar surface area (TPSA) is 107 Å². The highest BCUT2D eigenvalue weighted by Crippen LogP contribution is 2.38. The maximum atomic E-state index is 12.5. The number of hydrogen-bond donors (Lipinski definition) is 3. The van der Waals surface area contributed by atoms with E-state index in [0.717, 1.165) is 11.3 Å². The third kappa shape index (κ3) is 4.24. The van der Waals surface area contributed by atoms with Crippen LogP contribution in [0.4, 0.5) is 10.5 Å². The molecule has 0 atom stereocenters. The Morgan fingerprint density at radius 1 is 1.07 bits per heavy atom. The minimum absolute atomic E-state index is 0.230. The van der Waals surface area contributed by atoms with E-state index in [9.17, 15) is 9.59 Å². The molecule has 3 rings (SSSR count). The SMILES string of the molecule is COc1cc(CNC(=O)Nc2ccccc2-n2c(C)c[nH]c2=O)cc(OC)c1OC. The molecule has 9 nitrogen and oxygen atoms in total. The summed E-state index contributed by atoms with van der Waals surface area (Å²) in [7, 11) is 4.59. The van der Waals surface area contributed by atoms with Crippen LogP contribution in [0.3, 0.4) is 0 Å². The van der Waals surface area contributed by atoms with Crippen molar-refractivity contribution in [1.82, 2.24) is 14.9 Å². The number of aromatic amines is 1. The van der Waals surface area contributed by atoms with E-state index >= 15 is 0 Å². The number of hydrogen-bond acceptors (Lipinski definition) is 5. The highest BCUT2D eigenvalue weighted by molar-refractivity contribution is 5.91. The summed E-state index contributed by atoms with van der Waals surface area (Å²) in [5.41, 5.74) is 2.30. The number of imidazole rings is 1. The van der Waals surface area contributed by atoms with Gasteiger partial charge in [0.15, 0.2) is 11.5 Å². The summed E-state index contributed by atoms with van der Waals surface area (Å²) in [5, 5.41) is 5.58. The summed E-state index contributed by atoms with van der Waals surface area (Å²) < 4.78 is 17.5. The van der Waals surface area contributed by atoms with Crippen molar-refractivity contribution in [2.45, 2.75) is 13.5 Å². The maximum Gasteiger partial charge on any atom is 0.330 e. The summed E-state index contributed by atoms with van der Waals surface area (Å²) in [6.07, 6.45) is 1.61. The number of amides is 2. The second-order valence-electron chi connectivity index (χ2n) is 6.43. The fourth-order valence-electron chi connectivity index (χ4n) is 3.12. The minimum Gasteiger partial charge on any atom is -0.493 e. The Morgan fingerprint density at radius 2 is 1.73 bits per heavy atom. The van der Waals surface area contributed by atoms with E-state index in [0.29, 0.717) is 28.6 Å². The number of para-hydroxylation sites is 2. The van der Waals surface area contributed by atoms with Crippen LogP contribution in [-0.4, -0.2) is 36.9 Å². The van der Waals surface area contributed by atoms with Crippen LogP contribution < -0.4 is 30.5 Å². The van der Waals surface area contributed by atoms with Gasteiger partial charge in [-0.2, -0.15) is 0 Å². The van der Waals surface area contributed by atoms with Crippen molar-refractivity contribution in [1.29, 1.82) is 0 Å². The molecule has 0 bridgehead atoms. The molecule has 3 aromatic rings. The maximum absolute atomic E-state index is 12.5. The standard InChI is InChI=1S/C21H24N4O5/c1-13-11-23-21(27)25(13)16-8-6-5-7-15(16)24-20(26)22-12-14-9-17(28-2)19(30-4)18(10-14)29-3/h5-11H,12H2,1-4H3,(H,23,27)(H2,22,24,26). The average molecular weight is 412 g/mol. The number of carbonyl (C=O) groups is 1. The molecular weight excluding hydrogens is 388 g/mol. The van der Waals surface area contributed by atoms with E-state index in [-0.39, 0.29) is 12.2 Å². The quantitative estimate of drug-likeness (QED) is 0.553. The lowest BCUT2D eigenvalue weighted by atomic mass is 10.2. The third-order valence-electron chi connectivity index (χ3n) is 4.53. The van der Waals surface area contributed by atoms with Crippen LogP contribution in [-0.2, 0) is 6.54 Å². The van der Waals surface area contributed by atoms with E-state index in [1.165, 1.54) is 25.9 Å². The van der Waals surface area contributed by atoms with Gasteiger partial charge in [0.05, 0.1) is 32.7 Å². The first kappa shape index (κ1) is 20.8. The van der Waals surface area contributed by atoms with Crippen LogP contribution in [0, 0.1) is 6.92 Å². The Bertz CT molecular complexity index is 1080. The molecule has 0 saturated heterocycles. The Hall–Kier alpha value is -3.88. The van der Waals surface area contributed by atoms with E-state index in [1.807, 2.05) is 0 Å². The van der Waals surface area contributed by atoms with Crippen molar-refractivity contribution >= 4 is 11.7 Å². The highest BCUT2D eigenvalue weighted by Gasteiger charge is 2.15. The van der Waals surface area contributed by atoms with Gasteiger partial charge in [-0.1, -0.05) is 12.1 Å². The third-order valence-corrected chi connectivity index (χ3v) is 4.53. The van der Waals surface area contributed by atoms with Crippen LogP contribution in [0.15, 0.2) is 47.4 Å². The molecule has 30 heavy (non-hydrogen) atoms. The van der Waals surface area contributed by atoms with Gasteiger partial charge in [0.25, 0.3) is 0 Å². The van der Waals surface area contributed by atoms with Gasteiger partial charge in [0.1, 0.15) is 0 Å². The number of anilines is 1. The van der Waals surface area contributed by atoms with Crippen LogP contribution in [0.25, 0.3) is 5.69 Å². The Balaban J connectivity index is 1.76. The fraction of sp³-hybridized carbons (Fsp3) is 0.238. The number of urea groups is 1. The average Bonchev–Trinajstić information content (AvgIpc) is 3.09. The zero-order chi connectivity index (χ0) is 21.7. The second-order valence-corrected chi connectivity index (χ2v) is 6.43. The smallest absolute Gasteiger partial charge is 0.330 e. The van der Waals surface area contributed by atoms with Crippen molar-refractivity contribution in [3.8, 4) is 22.9 Å². The zero-order valence-electron chi connectivity index (χ0n) is 17.2. The lowest BCUT2D eigenvalue weighted by Gasteiger charge is -2.15. The van der Waals surface area contributed by atoms with Crippen molar-refractivity contribution in [3.05, 3.63) is 64.3 Å². The van der Waals surface area contributed by atoms with Gasteiger partial charge in [-0.3, -0.25) is 4.57 Å². The normalized spacial score (nSPS) is 10.4. The molecule has 0 unspecified atom stereocenters. The number of aryl methyl sites for hydroxylation is 1. The monoisotopic (exact) mass is 412 g/mol. The van der Waals surface area contributed by atoms with Gasteiger partial charge in [-0.25, -0.2) is 9.59 Å². The van der Waals surface area contributed by atoms with Gasteiger partial charge in [-0.05, 0) is 36.8 Å². The number of ether oxygens (including phenoxy) is 3. The lowest BCUT2D eigenvalue weighted by Crippen LogP contribution is -2.29. The zero-order valence-corrected chi connectivity index (χ0v) is 17.2. The molecule has 158 valence electrons. The number of carbonyl (C=O) groups excluding carboxylic acids is 1. The van der Waals surface area contributed by atoms with E-state index in [4.69, 9.17) is 14.2 Å². The van der Waals surface area contributed by atoms with Gasteiger partial charge >= 0.3 is 11.7 Å². The van der Waals surface area contributed by atoms with Crippen LogP contribution >= 0.6 is 0 Å². The van der Waals surface area contributed by atoms with Crippen LogP contribution in [0.2, 0.25) is 0 Å². The number of rotatable bonds is 7. The summed E-state index contributed by atoms with van der Waals surface area (Å²) in [5.74, 6) is 1.48. The first-order chi connectivity index (χ1) is 14.5. The molecule has 0 aliphatic rings. The molecule has 2 amide bonds. The highest BCUT2D eigenvalue weighted by atomic mass is 16.5. The fourth-order valence-corrected chi connectivity index (χ4v) is 3.12. The number of benzene rings is 2. The Morgan fingerprint density at radius 3 is 2.30 bits per heavy atom. The molecule has 1 aromatic heterocycles. The first-order valence-electron chi connectivity index (χ1n) is 9.18. The Labute approximate surface area is 173 Å². The second kappa shape index (κ2) is 9.08. The molecule has 1 heterocycles. The molecule has 2 aromatic carbocycles. The summed E-state index contributed by atoms with van der Waals surface area (Å²) >= 11 is 0. The molecular formula is C21H24N4O5. The van der Waals surface area contributed by atoms with Crippen molar-refractivity contribution in [2.24, 2.45) is 0 Å². The van der Waals surface area contributed by atoms with Crippen LogP contribution in [0.1, 0.15) is 11.3 Å². The van der Waals surface area contributed by atoms with Gasteiger partial charge in [0, 0.05) is 18.4 Å². The number of aromatic nitrogens is 2. The van der Waals surface area contributed by atoms with E-state index in [1.54, 1.807) is 49.5 Å². The largest absolute Gasteiger partial charge is 0.493 e. The molecule has 0 fully saturated rings. The molecule has 0 aliphatic carbocycles. The first-order valence-corrected chi connectivity index (χ1v) is 9.18. The van der Waals surface area contributed by atoms with Crippen molar-refractivity contribution < 1.29 is 19.0 Å².